The summed E-state index contributed by atoms with van der Waals surface area (Å²) in [5, 5.41) is 19.6. The minimum absolute atomic E-state index is 0.0247. The van der Waals surface area contributed by atoms with E-state index in [0.717, 1.165) is 50.3 Å². The molecule has 0 aliphatic carbocycles. The van der Waals surface area contributed by atoms with Crippen LogP contribution in [-0.4, -0.2) is 72.8 Å². The van der Waals surface area contributed by atoms with E-state index in [1.54, 1.807) is 13.2 Å². The molecule has 1 atom stereocenters. The fourth-order valence-corrected chi connectivity index (χ4v) is 4.35. The molecule has 2 aliphatic rings. The van der Waals surface area contributed by atoms with Crippen molar-refractivity contribution in [2.24, 2.45) is 4.99 Å². The van der Waals surface area contributed by atoms with Crippen molar-refractivity contribution in [3.63, 3.8) is 0 Å². The molecule has 1 amide bonds. The molecule has 4 N–H and O–H groups in total. The molecule has 4 rings (SSSR count). The van der Waals surface area contributed by atoms with Crippen LogP contribution in [0.25, 0.3) is 0 Å². The Balaban J connectivity index is 1.54. The first kappa shape index (κ1) is 24.0. The molecule has 1 aromatic heterocycles. The number of benzene rings is 1. The van der Waals surface area contributed by atoms with E-state index in [2.05, 4.69) is 30.9 Å². The van der Waals surface area contributed by atoms with Gasteiger partial charge in [-0.1, -0.05) is 17.7 Å². The Hall–Kier alpha value is -3.11. The number of methoxy groups -OCH3 is 1. The Morgan fingerprint density at radius 1 is 1.35 bits per heavy atom. The van der Waals surface area contributed by atoms with Crippen molar-refractivity contribution in [3.05, 3.63) is 40.5 Å². The SMILES string of the molecule is COc1ccc(CNc2nc(N3CCC[C@H]3CO)ncc2C(=O)NCC2=NCCCN2)cc1Cl. The maximum atomic E-state index is 13.0. The largest absolute Gasteiger partial charge is 0.495 e. The lowest BCUT2D eigenvalue weighted by atomic mass is 10.2. The average molecular weight is 488 g/mol. The number of ether oxygens (including phenoxy) is 1. The van der Waals surface area contributed by atoms with Gasteiger partial charge in [0.1, 0.15) is 23.0 Å². The summed E-state index contributed by atoms with van der Waals surface area (Å²) in [4.78, 5) is 28.5. The molecule has 1 fully saturated rings. The van der Waals surface area contributed by atoms with Gasteiger partial charge in [-0.3, -0.25) is 9.79 Å². The molecule has 2 aliphatic heterocycles. The van der Waals surface area contributed by atoms with Crippen molar-refractivity contribution in [1.29, 1.82) is 0 Å². The van der Waals surface area contributed by atoms with E-state index < -0.39 is 0 Å². The van der Waals surface area contributed by atoms with Gasteiger partial charge in [0.05, 0.1) is 31.3 Å². The van der Waals surface area contributed by atoms with Crippen molar-refractivity contribution in [2.75, 3.05) is 50.1 Å². The second kappa shape index (κ2) is 11.3. The molecule has 0 bridgehead atoms. The average Bonchev–Trinajstić information content (AvgIpc) is 3.35. The van der Waals surface area contributed by atoms with Crippen LogP contribution in [0.15, 0.2) is 29.4 Å². The van der Waals surface area contributed by atoms with E-state index in [1.807, 2.05) is 17.0 Å². The molecule has 1 saturated heterocycles. The highest BCUT2D eigenvalue weighted by Gasteiger charge is 2.27. The normalized spacial score (nSPS) is 17.7. The lowest BCUT2D eigenvalue weighted by Gasteiger charge is -2.24. The predicted octanol–water partition coefficient (Wildman–Crippen LogP) is 1.83. The Morgan fingerprint density at radius 2 is 2.24 bits per heavy atom. The molecule has 10 nitrogen and oxygen atoms in total. The van der Waals surface area contributed by atoms with Gasteiger partial charge < -0.3 is 30.7 Å². The monoisotopic (exact) mass is 487 g/mol. The van der Waals surface area contributed by atoms with E-state index in [-0.39, 0.29) is 18.6 Å². The number of carbonyl (C=O) groups is 1. The van der Waals surface area contributed by atoms with Crippen LogP contribution < -0.4 is 25.6 Å². The molecule has 34 heavy (non-hydrogen) atoms. The minimum Gasteiger partial charge on any atom is -0.495 e. The van der Waals surface area contributed by atoms with E-state index in [4.69, 9.17) is 16.3 Å². The molecular weight excluding hydrogens is 458 g/mol. The molecule has 0 unspecified atom stereocenters. The predicted molar refractivity (Wildman–Crippen MR) is 132 cm³/mol. The summed E-state index contributed by atoms with van der Waals surface area (Å²) < 4.78 is 5.22. The number of carbonyl (C=O) groups excluding carboxylic acids is 1. The number of aliphatic hydroxyl groups is 1. The summed E-state index contributed by atoms with van der Waals surface area (Å²) in [6.45, 7) is 3.12. The van der Waals surface area contributed by atoms with Gasteiger partial charge in [-0.2, -0.15) is 4.98 Å². The second-order valence-electron chi connectivity index (χ2n) is 8.22. The molecule has 3 heterocycles. The maximum Gasteiger partial charge on any atom is 0.256 e. The summed E-state index contributed by atoms with van der Waals surface area (Å²) in [6.07, 6.45) is 4.36. The van der Waals surface area contributed by atoms with Crippen LogP contribution in [0, 0.1) is 0 Å². The lowest BCUT2D eigenvalue weighted by molar-refractivity contribution is 0.0959. The van der Waals surface area contributed by atoms with Crippen LogP contribution in [-0.2, 0) is 6.54 Å². The number of anilines is 2. The number of halogens is 1. The second-order valence-corrected chi connectivity index (χ2v) is 8.63. The fraction of sp³-hybridized carbons (Fsp3) is 0.478. The number of amidine groups is 1. The van der Waals surface area contributed by atoms with Crippen LogP contribution in [0.3, 0.4) is 0 Å². The molecule has 1 aromatic carbocycles. The summed E-state index contributed by atoms with van der Waals surface area (Å²) in [6, 6.07) is 5.48. The number of aliphatic hydroxyl groups excluding tert-OH is 1. The number of rotatable bonds is 9. The molecule has 0 spiro atoms. The zero-order chi connectivity index (χ0) is 23.9. The van der Waals surface area contributed by atoms with Gasteiger partial charge in [0.15, 0.2) is 0 Å². The topological polar surface area (TPSA) is 124 Å². The number of aliphatic imine (C=N–C) groups is 1. The number of nitrogens with one attached hydrogen (secondary N) is 3. The summed E-state index contributed by atoms with van der Waals surface area (Å²) in [5.41, 5.74) is 1.24. The van der Waals surface area contributed by atoms with Gasteiger partial charge in [-0.25, -0.2) is 4.98 Å². The number of aromatic nitrogens is 2. The zero-order valence-electron chi connectivity index (χ0n) is 19.2. The van der Waals surface area contributed by atoms with Crippen molar-refractivity contribution in [3.8, 4) is 5.75 Å². The van der Waals surface area contributed by atoms with Gasteiger partial charge in [-0.05, 0) is 37.0 Å². The molecule has 2 aromatic rings. The van der Waals surface area contributed by atoms with Crippen LogP contribution in [0.1, 0.15) is 35.2 Å². The van der Waals surface area contributed by atoms with Crippen molar-refractivity contribution >= 4 is 35.1 Å². The van der Waals surface area contributed by atoms with E-state index in [1.165, 1.54) is 6.20 Å². The molecule has 11 heteroatoms. The summed E-state index contributed by atoms with van der Waals surface area (Å²) in [7, 11) is 1.57. The zero-order valence-corrected chi connectivity index (χ0v) is 19.9. The Labute approximate surface area is 203 Å². The first-order chi connectivity index (χ1) is 16.6. The van der Waals surface area contributed by atoms with E-state index >= 15 is 0 Å². The number of hydrogen-bond acceptors (Lipinski definition) is 9. The summed E-state index contributed by atoms with van der Waals surface area (Å²) in [5.74, 6) is 1.97. The standard InChI is InChI=1S/C23H30ClN7O3/c1-34-19-6-5-15(10-18(19)24)11-27-21-17(22(33)28-13-20-25-7-3-8-26-20)12-29-23(30-21)31-9-2-4-16(31)14-32/h5-6,10,12,16,32H,2-4,7-9,11,13-14H2,1H3,(H,25,26)(H,28,33)(H,27,29,30)/t16-/m0/s1. The highest BCUT2D eigenvalue weighted by molar-refractivity contribution is 6.32. The smallest absolute Gasteiger partial charge is 0.256 e. The fourth-order valence-electron chi connectivity index (χ4n) is 4.07. The Bertz CT molecular complexity index is 1050. The van der Waals surface area contributed by atoms with Crippen molar-refractivity contribution < 1.29 is 14.6 Å². The Morgan fingerprint density at radius 3 is 2.97 bits per heavy atom. The third-order valence-electron chi connectivity index (χ3n) is 5.92. The van der Waals surface area contributed by atoms with Gasteiger partial charge in [0, 0.05) is 32.4 Å². The summed E-state index contributed by atoms with van der Waals surface area (Å²) >= 11 is 6.26. The lowest BCUT2D eigenvalue weighted by Crippen LogP contribution is -2.40. The van der Waals surface area contributed by atoms with Gasteiger partial charge in [0.2, 0.25) is 5.95 Å². The highest BCUT2D eigenvalue weighted by Crippen LogP contribution is 2.27. The molecule has 182 valence electrons. The third-order valence-corrected chi connectivity index (χ3v) is 6.22. The van der Waals surface area contributed by atoms with Gasteiger partial charge in [-0.15, -0.1) is 0 Å². The van der Waals surface area contributed by atoms with Crippen LogP contribution >= 0.6 is 11.6 Å². The molecular formula is C23H30ClN7O3. The molecule has 0 saturated carbocycles. The van der Waals surface area contributed by atoms with E-state index in [0.29, 0.717) is 41.2 Å². The quantitative estimate of drug-likeness (QED) is 0.422. The third kappa shape index (κ3) is 5.68. The number of nitrogens with zero attached hydrogens (tertiary/aromatic N) is 4. The first-order valence-electron chi connectivity index (χ1n) is 11.4. The van der Waals surface area contributed by atoms with Crippen molar-refractivity contribution in [2.45, 2.75) is 31.8 Å². The van der Waals surface area contributed by atoms with Gasteiger partial charge >= 0.3 is 0 Å². The maximum absolute atomic E-state index is 13.0. The van der Waals surface area contributed by atoms with Crippen LogP contribution in [0.2, 0.25) is 5.02 Å². The minimum atomic E-state index is -0.294. The first-order valence-corrected chi connectivity index (χ1v) is 11.8. The number of amides is 1. The van der Waals surface area contributed by atoms with Crippen LogP contribution in [0.4, 0.5) is 11.8 Å². The van der Waals surface area contributed by atoms with Crippen molar-refractivity contribution in [1.82, 2.24) is 20.6 Å². The van der Waals surface area contributed by atoms with E-state index in [9.17, 15) is 9.90 Å². The highest BCUT2D eigenvalue weighted by atomic mass is 35.5. The van der Waals surface area contributed by atoms with Gasteiger partial charge in [0.25, 0.3) is 5.91 Å². The molecule has 0 radical (unpaired) electrons. The Kier molecular flexibility index (Phi) is 8.02. The number of hydrogen-bond donors (Lipinski definition) is 4. The van der Waals surface area contributed by atoms with Crippen LogP contribution in [0.5, 0.6) is 5.75 Å².